The highest BCUT2D eigenvalue weighted by atomic mass is 16.5. The fourth-order valence-electron chi connectivity index (χ4n) is 2.80. The molecule has 1 aromatic heterocycles. The number of hydrogen-bond donors (Lipinski definition) is 1. The fraction of sp³-hybridized carbons (Fsp3) is 0.471. The third kappa shape index (κ3) is 3.64. The lowest BCUT2D eigenvalue weighted by atomic mass is 10.0. The summed E-state index contributed by atoms with van der Waals surface area (Å²) < 4.78 is 7.87. The predicted molar refractivity (Wildman–Crippen MR) is 83.4 cm³/mol. The van der Waals surface area contributed by atoms with Crippen molar-refractivity contribution in [3.05, 3.63) is 47.8 Å². The van der Waals surface area contributed by atoms with Gasteiger partial charge in [-0.15, -0.1) is 0 Å². The van der Waals surface area contributed by atoms with Gasteiger partial charge in [-0.1, -0.05) is 12.1 Å². The number of ether oxygens (including phenoxy) is 1. The quantitative estimate of drug-likeness (QED) is 0.830. The molecule has 1 aliphatic heterocycles. The van der Waals surface area contributed by atoms with E-state index >= 15 is 0 Å². The van der Waals surface area contributed by atoms with E-state index in [-0.39, 0.29) is 5.60 Å². The Balaban J connectivity index is 1.44. The molecule has 2 heterocycles. The van der Waals surface area contributed by atoms with Gasteiger partial charge >= 0.3 is 0 Å². The number of nitrogens with zero attached hydrogens (tertiary/aromatic N) is 2. The molecule has 0 spiro atoms. The van der Waals surface area contributed by atoms with Gasteiger partial charge in [0.1, 0.15) is 11.4 Å². The molecule has 4 heteroatoms. The first-order valence-corrected chi connectivity index (χ1v) is 7.61. The molecule has 1 aromatic carbocycles. The minimum Gasteiger partial charge on any atom is -0.487 e. The second-order valence-electron chi connectivity index (χ2n) is 6.28. The average molecular weight is 285 g/mol. The molecule has 0 bridgehead atoms. The summed E-state index contributed by atoms with van der Waals surface area (Å²) in [4.78, 5) is 0. The molecule has 0 saturated carbocycles. The van der Waals surface area contributed by atoms with Crippen LogP contribution in [0.1, 0.15) is 31.4 Å². The molecule has 1 N–H and O–H groups in total. The first-order chi connectivity index (χ1) is 10.1. The van der Waals surface area contributed by atoms with Gasteiger partial charge in [0.25, 0.3) is 0 Å². The molecule has 0 radical (unpaired) electrons. The van der Waals surface area contributed by atoms with Crippen LogP contribution in [0.15, 0.2) is 36.7 Å². The monoisotopic (exact) mass is 285 g/mol. The highest BCUT2D eigenvalue weighted by molar-refractivity contribution is 5.41. The lowest BCUT2D eigenvalue weighted by molar-refractivity contribution is 0.138. The molecule has 3 rings (SSSR count). The van der Waals surface area contributed by atoms with E-state index in [4.69, 9.17) is 4.74 Å². The molecule has 0 unspecified atom stereocenters. The van der Waals surface area contributed by atoms with Crippen LogP contribution >= 0.6 is 0 Å². The zero-order valence-electron chi connectivity index (χ0n) is 12.8. The smallest absolute Gasteiger partial charge is 0.123 e. The number of aromatic nitrogens is 2. The summed E-state index contributed by atoms with van der Waals surface area (Å²) in [6.45, 7) is 7.15. The van der Waals surface area contributed by atoms with Crippen LogP contribution in [-0.4, -0.2) is 21.9 Å². The molecule has 0 saturated heterocycles. The van der Waals surface area contributed by atoms with Crippen molar-refractivity contribution in [3.63, 3.8) is 0 Å². The van der Waals surface area contributed by atoms with E-state index in [1.165, 1.54) is 11.1 Å². The lowest BCUT2D eigenvalue weighted by Gasteiger charge is -2.16. The summed E-state index contributed by atoms with van der Waals surface area (Å²) in [7, 11) is 0. The van der Waals surface area contributed by atoms with Crippen LogP contribution in [0.2, 0.25) is 0 Å². The number of fused-ring (bicyclic) bond motifs is 1. The third-order valence-electron chi connectivity index (χ3n) is 3.76. The maximum absolute atomic E-state index is 5.90. The Hall–Kier alpha value is -1.81. The van der Waals surface area contributed by atoms with Crippen molar-refractivity contribution in [1.82, 2.24) is 15.1 Å². The van der Waals surface area contributed by atoms with Gasteiger partial charge in [0.15, 0.2) is 0 Å². The van der Waals surface area contributed by atoms with Crippen molar-refractivity contribution in [1.29, 1.82) is 0 Å². The van der Waals surface area contributed by atoms with Crippen molar-refractivity contribution >= 4 is 0 Å². The molecule has 1 aliphatic rings. The molecule has 4 nitrogen and oxygen atoms in total. The molecule has 0 fully saturated rings. The summed E-state index contributed by atoms with van der Waals surface area (Å²) in [6, 6.07) is 8.48. The number of nitrogens with one attached hydrogen (secondary N) is 1. The Morgan fingerprint density at radius 3 is 3.10 bits per heavy atom. The first-order valence-electron chi connectivity index (χ1n) is 7.61. The Morgan fingerprint density at radius 1 is 1.38 bits per heavy atom. The minimum absolute atomic E-state index is 0.0574. The minimum atomic E-state index is -0.0574. The fourth-order valence-corrected chi connectivity index (χ4v) is 2.80. The van der Waals surface area contributed by atoms with E-state index in [0.717, 1.165) is 38.2 Å². The standard InChI is InChI=1S/C17H23N3O/c1-17(2)12-15-11-14(5-6-16(15)21-17)13-18-7-3-9-20-10-4-8-19-20/h4-6,8,10-11,18H,3,7,9,12-13H2,1-2H3. The maximum Gasteiger partial charge on any atom is 0.123 e. The molecule has 0 atom stereocenters. The molecular weight excluding hydrogens is 262 g/mol. The SMILES string of the molecule is CC1(C)Cc2cc(CNCCCn3cccn3)ccc2O1. The van der Waals surface area contributed by atoms with Crippen molar-refractivity contribution in [2.75, 3.05) is 6.54 Å². The van der Waals surface area contributed by atoms with Crippen molar-refractivity contribution in [3.8, 4) is 5.75 Å². The van der Waals surface area contributed by atoms with Crippen molar-refractivity contribution < 1.29 is 4.74 Å². The number of aryl methyl sites for hydroxylation is 1. The Bertz CT molecular complexity index is 590. The molecule has 2 aromatic rings. The molecule has 112 valence electrons. The summed E-state index contributed by atoms with van der Waals surface area (Å²) in [5.41, 5.74) is 2.60. The van der Waals surface area contributed by atoms with Crippen LogP contribution in [0, 0.1) is 0 Å². The maximum atomic E-state index is 5.90. The zero-order valence-corrected chi connectivity index (χ0v) is 12.8. The number of rotatable bonds is 6. The summed E-state index contributed by atoms with van der Waals surface area (Å²) >= 11 is 0. The largest absolute Gasteiger partial charge is 0.487 e. The summed E-state index contributed by atoms with van der Waals surface area (Å²) in [5, 5.41) is 7.69. The normalized spacial score (nSPS) is 15.7. The lowest BCUT2D eigenvalue weighted by Crippen LogP contribution is -2.24. The predicted octanol–water partition coefficient (Wildman–Crippen LogP) is 2.78. The van der Waals surface area contributed by atoms with E-state index in [1.807, 2.05) is 23.1 Å². The molecule has 0 amide bonds. The number of benzene rings is 1. The van der Waals surface area contributed by atoms with E-state index < -0.39 is 0 Å². The average Bonchev–Trinajstić information content (AvgIpc) is 3.03. The van der Waals surface area contributed by atoms with Crippen LogP contribution in [-0.2, 0) is 19.5 Å². The molecule has 0 aliphatic carbocycles. The second-order valence-corrected chi connectivity index (χ2v) is 6.28. The van der Waals surface area contributed by atoms with E-state index in [2.05, 4.69) is 42.5 Å². The van der Waals surface area contributed by atoms with E-state index in [1.54, 1.807) is 0 Å². The van der Waals surface area contributed by atoms with Crippen LogP contribution < -0.4 is 10.1 Å². The number of hydrogen-bond acceptors (Lipinski definition) is 3. The highest BCUT2D eigenvalue weighted by Crippen LogP contribution is 2.35. The van der Waals surface area contributed by atoms with Gasteiger partial charge in [0.2, 0.25) is 0 Å². The second kappa shape index (κ2) is 5.90. The summed E-state index contributed by atoms with van der Waals surface area (Å²) in [6.07, 6.45) is 5.90. The van der Waals surface area contributed by atoms with Crippen LogP contribution in [0.5, 0.6) is 5.75 Å². The van der Waals surface area contributed by atoms with Gasteiger partial charge in [0, 0.05) is 31.9 Å². The zero-order chi connectivity index (χ0) is 14.7. The highest BCUT2D eigenvalue weighted by Gasteiger charge is 2.29. The third-order valence-corrected chi connectivity index (χ3v) is 3.76. The Labute approximate surface area is 126 Å². The van der Waals surface area contributed by atoms with E-state index in [9.17, 15) is 0 Å². The first kappa shape index (κ1) is 14.1. The molecule has 21 heavy (non-hydrogen) atoms. The molecular formula is C17H23N3O. The van der Waals surface area contributed by atoms with E-state index in [0.29, 0.717) is 0 Å². The van der Waals surface area contributed by atoms with Crippen LogP contribution in [0.4, 0.5) is 0 Å². The van der Waals surface area contributed by atoms with Gasteiger partial charge in [-0.2, -0.15) is 5.10 Å². The Morgan fingerprint density at radius 2 is 2.29 bits per heavy atom. The van der Waals surface area contributed by atoms with Crippen LogP contribution in [0.3, 0.4) is 0 Å². The van der Waals surface area contributed by atoms with Crippen molar-refractivity contribution in [2.24, 2.45) is 0 Å². The van der Waals surface area contributed by atoms with Gasteiger partial charge in [0.05, 0.1) is 0 Å². The van der Waals surface area contributed by atoms with Gasteiger partial charge < -0.3 is 10.1 Å². The van der Waals surface area contributed by atoms with Gasteiger partial charge in [-0.25, -0.2) is 0 Å². The van der Waals surface area contributed by atoms with Crippen molar-refractivity contribution in [2.45, 2.75) is 45.4 Å². The van der Waals surface area contributed by atoms with Crippen LogP contribution in [0.25, 0.3) is 0 Å². The topological polar surface area (TPSA) is 39.1 Å². The van der Waals surface area contributed by atoms with Gasteiger partial charge in [-0.05, 0) is 50.1 Å². The Kier molecular flexibility index (Phi) is 3.97. The summed E-state index contributed by atoms with van der Waals surface area (Å²) in [5.74, 6) is 1.04. The van der Waals surface area contributed by atoms with Gasteiger partial charge in [-0.3, -0.25) is 4.68 Å².